The largest absolute Gasteiger partial charge is 0.573 e. The minimum absolute atomic E-state index is 0.141. The molecule has 1 aromatic heterocycles. The predicted molar refractivity (Wildman–Crippen MR) is 98.3 cm³/mol. The summed E-state index contributed by atoms with van der Waals surface area (Å²) >= 11 is 0. The third-order valence-corrected chi connectivity index (χ3v) is 4.53. The molecule has 1 aliphatic heterocycles. The summed E-state index contributed by atoms with van der Waals surface area (Å²) in [6, 6.07) is 7.85. The molecule has 2 N–H and O–H groups in total. The highest BCUT2D eigenvalue weighted by Gasteiger charge is 2.31. The summed E-state index contributed by atoms with van der Waals surface area (Å²) in [5.41, 5.74) is 1.03. The van der Waals surface area contributed by atoms with Gasteiger partial charge < -0.3 is 20.1 Å². The van der Waals surface area contributed by atoms with Crippen LogP contribution < -0.4 is 15.4 Å². The van der Waals surface area contributed by atoms with E-state index in [1.807, 2.05) is 0 Å². The molecule has 1 atom stereocenters. The van der Waals surface area contributed by atoms with E-state index in [9.17, 15) is 13.2 Å². The van der Waals surface area contributed by atoms with Crippen LogP contribution in [0.15, 0.2) is 30.3 Å². The van der Waals surface area contributed by atoms with Crippen molar-refractivity contribution in [2.24, 2.45) is 0 Å². The van der Waals surface area contributed by atoms with E-state index in [0.29, 0.717) is 35.6 Å². The Bertz CT molecular complexity index is 821. The molecule has 2 heterocycles. The van der Waals surface area contributed by atoms with Gasteiger partial charge in [0.2, 0.25) is 5.95 Å². The molecule has 2 aromatic rings. The standard InChI is InChI=1S/C19H21F3N4O2/c20-19(21,22)28-14-4-1-3-12(9-14)16-10-17(23-11-15-5-2-8-27-15)26-18(25-16)24-13-6-7-13/h1,3-4,9-10,13,15H,2,5-8,11H2,(H2,23,24,25,26)/t15-/m0/s1. The molecule has 2 aliphatic rings. The molecule has 0 unspecified atom stereocenters. The van der Waals surface area contributed by atoms with Crippen LogP contribution in [-0.4, -0.2) is 41.6 Å². The van der Waals surface area contributed by atoms with Gasteiger partial charge in [-0.15, -0.1) is 13.2 Å². The fraction of sp³-hybridized carbons (Fsp3) is 0.474. The number of nitrogens with zero attached hydrogens (tertiary/aromatic N) is 2. The lowest BCUT2D eigenvalue weighted by Crippen LogP contribution is -2.19. The van der Waals surface area contributed by atoms with Crippen LogP contribution in [-0.2, 0) is 4.74 Å². The number of halogens is 3. The van der Waals surface area contributed by atoms with E-state index in [1.165, 1.54) is 18.2 Å². The lowest BCUT2D eigenvalue weighted by Gasteiger charge is -2.14. The molecule has 0 amide bonds. The lowest BCUT2D eigenvalue weighted by molar-refractivity contribution is -0.274. The Hall–Kier alpha value is -2.55. The fourth-order valence-electron chi connectivity index (χ4n) is 3.04. The quantitative estimate of drug-likeness (QED) is 0.733. The number of ether oxygens (including phenoxy) is 2. The molecular weight excluding hydrogens is 373 g/mol. The Kier molecular flexibility index (Phi) is 5.25. The summed E-state index contributed by atoms with van der Waals surface area (Å²) < 4.78 is 47.2. The highest BCUT2D eigenvalue weighted by Crippen LogP contribution is 2.30. The number of alkyl halides is 3. The first-order valence-electron chi connectivity index (χ1n) is 9.32. The zero-order valence-corrected chi connectivity index (χ0v) is 15.1. The molecular formula is C19H21F3N4O2. The average molecular weight is 394 g/mol. The van der Waals surface area contributed by atoms with Gasteiger partial charge in [0, 0.05) is 30.8 Å². The summed E-state index contributed by atoms with van der Waals surface area (Å²) in [6.45, 7) is 1.39. The predicted octanol–water partition coefficient (Wildman–Crippen LogP) is 4.21. The van der Waals surface area contributed by atoms with Crippen LogP contribution in [0.25, 0.3) is 11.3 Å². The number of hydrogen-bond donors (Lipinski definition) is 2. The highest BCUT2D eigenvalue weighted by atomic mass is 19.4. The van der Waals surface area contributed by atoms with E-state index in [1.54, 1.807) is 12.1 Å². The van der Waals surface area contributed by atoms with E-state index >= 15 is 0 Å². The van der Waals surface area contributed by atoms with E-state index in [0.717, 1.165) is 32.3 Å². The van der Waals surface area contributed by atoms with Crippen LogP contribution in [0.5, 0.6) is 5.75 Å². The second kappa shape index (κ2) is 7.83. The van der Waals surface area contributed by atoms with Crippen molar-refractivity contribution in [2.75, 3.05) is 23.8 Å². The topological polar surface area (TPSA) is 68.3 Å². The summed E-state index contributed by atoms with van der Waals surface area (Å²) in [7, 11) is 0. The van der Waals surface area contributed by atoms with Crippen molar-refractivity contribution < 1.29 is 22.6 Å². The Morgan fingerprint density at radius 2 is 2.00 bits per heavy atom. The third-order valence-electron chi connectivity index (χ3n) is 4.53. The zero-order valence-electron chi connectivity index (χ0n) is 15.1. The highest BCUT2D eigenvalue weighted by molar-refractivity contribution is 5.66. The molecule has 0 bridgehead atoms. The Balaban J connectivity index is 1.57. The molecule has 9 heteroatoms. The number of hydrogen-bond acceptors (Lipinski definition) is 6. The van der Waals surface area contributed by atoms with E-state index < -0.39 is 6.36 Å². The molecule has 6 nitrogen and oxygen atoms in total. The smallest absolute Gasteiger partial charge is 0.406 e. The number of benzene rings is 1. The average Bonchev–Trinajstić information content (AvgIpc) is 3.29. The molecule has 28 heavy (non-hydrogen) atoms. The van der Waals surface area contributed by atoms with Crippen LogP contribution >= 0.6 is 0 Å². The summed E-state index contributed by atoms with van der Waals surface area (Å²) in [5, 5.41) is 6.50. The van der Waals surface area contributed by atoms with E-state index in [4.69, 9.17) is 4.74 Å². The van der Waals surface area contributed by atoms with Gasteiger partial charge in [-0.25, -0.2) is 4.98 Å². The number of rotatable bonds is 7. The van der Waals surface area contributed by atoms with Gasteiger partial charge in [0.15, 0.2) is 0 Å². The van der Waals surface area contributed by atoms with E-state index in [2.05, 4.69) is 25.3 Å². The normalized spacial score (nSPS) is 19.5. The Morgan fingerprint density at radius 1 is 1.14 bits per heavy atom. The van der Waals surface area contributed by atoms with Gasteiger partial charge in [0.05, 0.1) is 11.8 Å². The van der Waals surface area contributed by atoms with Crippen molar-refractivity contribution in [3.8, 4) is 17.0 Å². The van der Waals surface area contributed by atoms with Crippen molar-refractivity contribution in [1.82, 2.24) is 9.97 Å². The molecule has 4 rings (SSSR count). The molecule has 150 valence electrons. The molecule has 2 fully saturated rings. The Morgan fingerprint density at radius 3 is 2.71 bits per heavy atom. The third kappa shape index (κ3) is 5.25. The number of anilines is 2. The first-order chi connectivity index (χ1) is 13.4. The van der Waals surface area contributed by atoms with Crippen molar-refractivity contribution in [3.05, 3.63) is 30.3 Å². The number of nitrogens with one attached hydrogen (secondary N) is 2. The minimum Gasteiger partial charge on any atom is -0.406 e. The van der Waals surface area contributed by atoms with Gasteiger partial charge in [-0.1, -0.05) is 12.1 Å². The van der Waals surface area contributed by atoms with Crippen LogP contribution in [0.1, 0.15) is 25.7 Å². The molecule has 1 saturated carbocycles. The monoisotopic (exact) mass is 394 g/mol. The second-order valence-corrected chi connectivity index (χ2v) is 6.97. The molecule has 1 aliphatic carbocycles. The first-order valence-corrected chi connectivity index (χ1v) is 9.32. The van der Waals surface area contributed by atoms with Crippen molar-refractivity contribution in [2.45, 2.75) is 44.2 Å². The summed E-state index contributed by atoms with van der Waals surface area (Å²) in [4.78, 5) is 8.95. The molecule has 1 saturated heterocycles. The van der Waals surface area contributed by atoms with Gasteiger partial charge in [-0.3, -0.25) is 0 Å². The van der Waals surface area contributed by atoms with Crippen LogP contribution in [0.4, 0.5) is 24.9 Å². The maximum Gasteiger partial charge on any atom is 0.573 e. The molecule has 0 radical (unpaired) electrons. The minimum atomic E-state index is -4.74. The lowest BCUT2D eigenvalue weighted by atomic mass is 10.1. The van der Waals surface area contributed by atoms with E-state index in [-0.39, 0.29) is 11.9 Å². The number of aromatic nitrogens is 2. The fourth-order valence-corrected chi connectivity index (χ4v) is 3.04. The summed E-state index contributed by atoms with van der Waals surface area (Å²) in [6.07, 6.45) is -0.447. The van der Waals surface area contributed by atoms with Crippen molar-refractivity contribution in [1.29, 1.82) is 0 Å². The van der Waals surface area contributed by atoms with Crippen LogP contribution in [0.3, 0.4) is 0 Å². The van der Waals surface area contributed by atoms with Gasteiger partial charge in [0.25, 0.3) is 0 Å². The second-order valence-electron chi connectivity index (χ2n) is 6.97. The van der Waals surface area contributed by atoms with Crippen molar-refractivity contribution in [3.63, 3.8) is 0 Å². The Labute approximate surface area is 160 Å². The summed E-state index contributed by atoms with van der Waals surface area (Å²) in [5.74, 6) is 0.775. The van der Waals surface area contributed by atoms with Gasteiger partial charge in [-0.2, -0.15) is 4.98 Å². The van der Waals surface area contributed by atoms with Gasteiger partial charge >= 0.3 is 6.36 Å². The molecule has 1 aromatic carbocycles. The van der Waals surface area contributed by atoms with Crippen LogP contribution in [0, 0.1) is 0 Å². The SMILES string of the molecule is FC(F)(F)Oc1cccc(-c2cc(NC[C@@H]3CCCO3)nc(NC3CC3)n2)c1. The van der Waals surface area contributed by atoms with Crippen LogP contribution in [0.2, 0.25) is 0 Å². The van der Waals surface area contributed by atoms with Gasteiger partial charge in [-0.05, 0) is 37.8 Å². The molecule has 0 spiro atoms. The van der Waals surface area contributed by atoms with Gasteiger partial charge in [0.1, 0.15) is 11.6 Å². The van der Waals surface area contributed by atoms with Crippen molar-refractivity contribution >= 4 is 11.8 Å². The first kappa shape index (κ1) is 18.8. The zero-order chi connectivity index (χ0) is 19.6. The maximum atomic E-state index is 12.5. The maximum absolute atomic E-state index is 12.5.